The first-order valence-electron chi connectivity index (χ1n) is 9.15. The van der Waals surface area contributed by atoms with Crippen molar-refractivity contribution in [1.82, 2.24) is 15.5 Å². The molecule has 6 nitrogen and oxygen atoms in total. The van der Waals surface area contributed by atoms with Crippen LogP contribution >= 0.6 is 23.8 Å². The summed E-state index contributed by atoms with van der Waals surface area (Å²) in [5.41, 5.74) is 1.20. The molecule has 3 rings (SSSR count). The summed E-state index contributed by atoms with van der Waals surface area (Å²) in [7, 11) is -1.43. The third-order valence-corrected chi connectivity index (χ3v) is 7.78. The summed E-state index contributed by atoms with van der Waals surface area (Å²) in [5, 5.41) is 6.32. The van der Waals surface area contributed by atoms with E-state index in [4.69, 9.17) is 28.6 Å². The number of nitrogens with zero attached hydrogens (tertiary/aromatic N) is 1. The number of hydrogen-bond acceptors (Lipinski definition) is 5. The van der Waals surface area contributed by atoms with Crippen LogP contribution < -0.4 is 15.4 Å². The molecule has 2 saturated heterocycles. The fourth-order valence-electron chi connectivity index (χ4n) is 3.68. The molecule has 0 amide bonds. The van der Waals surface area contributed by atoms with Crippen LogP contribution in [0.2, 0.25) is 0 Å². The molecule has 150 valence electrons. The van der Waals surface area contributed by atoms with E-state index in [0.29, 0.717) is 11.7 Å². The van der Waals surface area contributed by atoms with E-state index in [-0.39, 0.29) is 23.6 Å². The Morgan fingerprint density at radius 3 is 2.52 bits per heavy atom. The lowest BCUT2D eigenvalue weighted by Crippen LogP contribution is -2.48. The maximum Gasteiger partial charge on any atom is 0.166 e. The molecule has 2 aliphatic heterocycles. The lowest BCUT2D eigenvalue weighted by atomic mass is 10.1. The fourth-order valence-corrected chi connectivity index (χ4v) is 6.47. The lowest BCUT2D eigenvalue weighted by Gasteiger charge is -2.29. The third-order valence-electron chi connectivity index (χ3n) is 5.14. The molecule has 3 atom stereocenters. The van der Waals surface area contributed by atoms with Gasteiger partial charge in [0.15, 0.2) is 14.9 Å². The summed E-state index contributed by atoms with van der Waals surface area (Å²) in [4.78, 5) is 2.45. The number of alkyl halides is 1. The number of nitrogens with one attached hydrogen (secondary N) is 2. The highest BCUT2D eigenvalue weighted by molar-refractivity contribution is 7.91. The minimum atomic E-state index is -3.09. The molecular formula is C18H26ClN3O3S2. The highest BCUT2D eigenvalue weighted by Crippen LogP contribution is 2.26. The number of methoxy groups -OCH3 is 1. The number of hydrogen-bond donors (Lipinski definition) is 2. The Morgan fingerprint density at radius 2 is 1.96 bits per heavy atom. The number of likely N-dealkylation sites (tertiary alicyclic amines) is 1. The van der Waals surface area contributed by atoms with E-state index in [1.807, 2.05) is 12.1 Å². The summed E-state index contributed by atoms with van der Waals surface area (Å²) in [6.07, 6.45) is 2.40. The fraction of sp³-hybridized carbons (Fsp3) is 0.611. The van der Waals surface area contributed by atoms with Crippen LogP contribution in [0.5, 0.6) is 5.75 Å². The van der Waals surface area contributed by atoms with Crippen molar-refractivity contribution in [3.05, 3.63) is 29.8 Å². The van der Waals surface area contributed by atoms with Crippen LogP contribution in [-0.2, 0) is 9.84 Å². The molecule has 1 aromatic rings. The minimum absolute atomic E-state index is 0.00289. The van der Waals surface area contributed by atoms with Gasteiger partial charge in [0.05, 0.1) is 36.1 Å². The zero-order valence-electron chi connectivity index (χ0n) is 15.4. The van der Waals surface area contributed by atoms with Gasteiger partial charge in [0.2, 0.25) is 0 Å². The molecule has 2 fully saturated rings. The molecule has 0 radical (unpaired) electrons. The van der Waals surface area contributed by atoms with Crippen molar-refractivity contribution >= 4 is 38.8 Å². The highest BCUT2D eigenvalue weighted by atomic mass is 35.5. The van der Waals surface area contributed by atoms with Gasteiger partial charge in [-0.1, -0.05) is 12.1 Å². The normalized spacial score (nSPS) is 25.9. The average Bonchev–Trinajstić information content (AvgIpc) is 3.23. The summed E-state index contributed by atoms with van der Waals surface area (Å²) >= 11 is 11.5. The van der Waals surface area contributed by atoms with Crippen molar-refractivity contribution in [3.63, 3.8) is 0 Å². The van der Waals surface area contributed by atoms with Crippen molar-refractivity contribution in [2.24, 2.45) is 0 Å². The molecule has 2 heterocycles. The second kappa shape index (κ2) is 8.94. The number of thiocarbonyl (C=S) groups is 1. The standard InChI is InChI=1S/C18H26ClN3O3S2/c1-25-14-6-4-13(5-7-14)17(22-8-2-3-9-22)10-20-18(26)21-16-12-27(23,24)11-15(16)19/h4-7,15-17H,2-3,8-12H2,1H3,(H2,20,21,26)/t15-,16-,17+/m1/s1. The lowest BCUT2D eigenvalue weighted by molar-refractivity contribution is 0.245. The molecule has 0 saturated carbocycles. The second-order valence-electron chi connectivity index (χ2n) is 7.09. The zero-order valence-corrected chi connectivity index (χ0v) is 17.7. The van der Waals surface area contributed by atoms with Gasteiger partial charge in [0, 0.05) is 6.54 Å². The van der Waals surface area contributed by atoms with Crippen molar-refractivity contribution in [2.75, 3.05) is 38.2 Å². The summed E-state index contributed by atoms with van der Waals surface area (Å²) in [6, 6.07) is 7.95. The van der Waals surface area contributed by atoms with E-state index in [9.17, 15) is 8.42 Å². The van der Waals surface area contributed by atoms with E-state index in [2.05, 4.69) is 27.7 Å². The van der Waals surface area contributed by atoms with Crippen LogP contribution in [0.3, 0.4) is 0 Å². The first-order chi connectivity index (χ1) is 12.9. The Hall–Kier alpha value is -1.09. The smallest absolute Gasteiger partial charge is 0.166 e. The van der Waals surface area contributed by atoms with Crippen molar-refractivity contribution in [3.8, 4) is 5.75 Å². The van der Waals surface area contributed by atoms with Crippen LogP contribution in [0, 0.1) is 0 Å². The summed E-state index contributed by atoms with van der Waals surface area (Å²) in [5.74, 6) is 0.855. The van der Waals surface area contributed by atoms with E-state index in [0.717, 1.165) is 18.8 Å². The number of rotatable bonds is 6. The zero-order chi connectivity index (χ0) is 19.4. The molecule has 2 N–H and O–H groups in total. The highest BCUT2D eigenvalue weighted by Gasteiger charge is 2.36. The first kappa shape index (κ1) is 20.6. The van der Waals surface area contributed by atoms with E-state index in [1.165, 1.54) is 18.4 Å². The molecule has 0 aromatic heterocycles. The Balaban J connectivity index is 1.61. The number of benzene rings is 1. The maximum absolute atomic E-state index is 11.7. The SMILES string of the molecule is COc1ccc([C@H](CNC(=S)N[C@@H]2CS(=O)(=O)C[C@H]2Cl)N2CCCC2)cc1. The Labute approximate surface area is 171 Å². The Kier molecular flexibility index (Phi) is 6.83. The molecule has 0 unspecified atom stereocenters. The minimum Gasteiger partial charge on any atom is -0.497 e. The van der Waals surface area contributed by atoms with E-state index >= 15 is 0 Å². The van der Waals surface area contributed by atoms with Gasteiger partial charge in [0.1, 0.15) is 5.75 Å². The van der Waals surface area contributed by atoms with Gasteiger partial charge in [-0.25, -0.2) is 8.42 Å². The first-order valence-corrected chi connectivity index (χ1v) is 11.8. The molecule has 2 aliphatic rings. The molecule has 0 spiro atoms. The van der Waals surface area contributed by atoms with E-state index < -0.39 is 15.2 Å². The van der Waals surface area contributed by atoms with Crippen LogP contribution in [0.25, 0.3) is 0 Å². The van der Waals surface area contributed by atoms with Crippen LogP contribution in [0.15, 0.2) is 24.3 Å². The van der Waals surface area contributed by atoms with Gasteiger partial charge in [-0.2, -0.15) is 0 Å². The largest absolute Gasteiger partial charge is 0.497 e. The number of ether oxygens (including phenoxy) is 1. The molecule has 9 heteroatoms. The third kappa shape index (κ3) is 5.47. The molecular weight excluding hydrogens is 406 g/mol. The molecule has 0 aliphatic carbocycles. The maximum atomic E-state index is 11.7. The monoisotopic (exact) mass is 431 g/mol. The molecule has 1 aromatic carbocycles. The van der Waals surface area contributed by atoms with Crippen LogP contribution in [0.1, 0.15) is 24.4 Å². The Morgan fingerprint density at radius 1 is 1.30 bits per heavy atom. The van der Waals surface area contributed by atoms with Crippen LogP contribution in [-0.4, -0.2) is 68.1 Å². The van der Waals surface area contributed by atoms with Crippen molar-refractivity contribution < 1.29 is 13.2 Å². The van der Waals surface area contributed by atoms with Gasteiger partial charge in [-0.05, 0) is 55.8 Å². The Bertz CT molecular complexity index is 752. The predicted molar refractivity (Wildman–Crippen MR) is 112 cm³/mol. The number of halogens is 1. The average molecular weight is 432 g/mol. The van der Waals surface area contributed by atoms with Crippen molar-refractivity contribution in [1.29, 1.82) is 0 Å². The second-order valence-corrected chi connectivity index (χ2v) is 10.2. The quantitative estimate of drug-likeness (QED) is 0.524. The van der Waals surface area contributed by atoms with Crippen molar-refractivity contribution in [2.45, 2.75) is 30.3 Å². The van der Waals surface area contributed by atoms with Gasteiger partial charge < -0.3 is 15.4 Å². The van der Waals surface area contributed by atoms with E-state index in [1.54, 1.807) is 7.11 Å². The summed E-state index contributed by atoms with van der Waals surface area (Å²) < 4.78 is 28.7. The van der Waals surface area contributed by atoms with Gasteiger partial charge >= 0.3 is 0 Å². The predicted octanol–water partition coefficient (Wildman–Crippen LogP) is 1.70. The molecule has 27 heavy (non-hydrogen) atoms. The molecule has 0 bridgehead atoms. The van der Waals surface area contributed by atoms with Crippen LogP contribution in [0.4, 0.5) is 0 Å². The number of sulfone groups is 1. The van der Waals surface area contributed by atoms with Gasteiger partial charge in [-0.15, -0.1) is 11.6 Å². The summed E-state index contributed by atoms with van der Waals surface area (Å²) in [6.45, 7) is 2.76. The van der Waals surface area contributed by atoms with Gasteiger partial charge in [-0.3, -0.25) is 4.90 Å². The topological polar surface area (TPSA) is 70.7 Å². The van der Waals surface area contributed by atoms with Gasteiger partial charge in [0.25, 0.3) is 0 Å².